The summed E-state index contributed by atoms with van der Waals surface area (Å²) in [6.45, 7) is 3.97. The molecule has 0 aliphatic rings. The van der Waals surface area contributed by atoms with E-state index < -0.39 is 0 Å². The van der Waals surface area contributed by atoms with E-state index >= 15 is 0 Å². The van der Waals surface area contributed by atoms with Crippen molar-refractivity contribution in [2.75, 3.05) is 7.11 Å². The highest BCUT2D eigenvalue weighted by molar-refractivity contribution is 6.21. The third kappa shape index (κ3) is 3.08. The Hall–Kier alpha value is -0.950. The van der Waals surface area contributed by atoms with Crippen molar-refractivity contribution in [3.8, 4) is 5.75 Å². The minimum absolute atomic E-state index is 0.0670. The number of benzene rings is 1. The van der Waals surface area contributed by atoms with E-state index in [2.05, 4.69) is 6.07 Å². The third-order valence-corrected chi connectivity index (χ3v) is 2.12. The maximum absolute atomic E-state index is 5.81. The molecule has 0 fully saturated rings. The fraction of sp³-hybridized carbons (Fsp3) is 0.333. The van der Waals surface area contributed by atoms with Crippen LogP contribution in [0.2, 0.25) is 0 Å². The molecule has 1 aromatic rings. The highest BCUT2D eigenvalue weighted by Crippen LogP contribution is 2.19. The summed E-state index contributed by atoms with van der Waals surface area (Å²) >= 11 is 5.81. The Morgan fingerprint density at radius 1 is 1.43 bits per heavy atom. The Kier molecular flexibility index (Phi) is 4.02. The van der Waals surface area contributed by atoms with Gasteiger partial charge in [0.1, 0.15) is 5.75 Å². The number of ether oxygens (including phenoxy) is 1. The van der Waals surface area contributed by atoms with Crippen molar-refractivity contribution >= 4 is 17.7 Å². The van der Waals surface area contributed by atoms with E-state index in [-0.39, 0.29) is 5.38 Å². The first-order valence-electron chi connectivity index (χ1n) is 4.60. The normalized spacial score (nSPS) is 13.1. The van der Waals surface area contributed by atoms with Crippen LogP contribution in [0.25, 0.3) is 6.08 Å². The minimum Gasteiger partial charge on any atom is -0.496 e. The van der Waals surface area contributed by atoms with E-state index in [1.54, 1.807) is 7.11 Å². The van der Waals surface area contributed by atoms with Crippen molar-refractivity contribution in [1.29, 1.82) is 0 Å². The summed E-state index contributed by atoms with van der Waals surface area (Å²) < 4.78 is 5.18. The predicted octanol–water partition coefficient (Wildman–Crippen LogP) is 3.64. The van der Waals surface area contributed by atoms with Gasteiger partial charge in [0, 0.05) is 5.38 Å². The smallest absolute Gasteiger partial charge is 0.121 e. The highest BCUT2D eigenvalue weighted by Gasteiger charge is 1.97. The van der Waals surface area contributed by atoms with Crippen LogP contribution in [0.3, 0.4) is 0 Å². The average molecular weight is 211 g/mol. The van der Waals surface area contributed by atoms with E-state index in [1.807, 2.05) is 38.1 Å². The molecule has 0 heterocycles. The number of methoxy groups -OCH3 is 1. The van der Waals surface area contributed by atoms with Crippen LogP contribution in [0, 0.1) is 6.92 Å². The van der Waals surface area contributed by atoms with Gasteiger partial charge in [0.2, 0.25) is 0 Å². The number of halogens is 1. The maximum Gasteiger partial charge on any atom is 0.121 e. The summed E-state index contributed by atoms with van der Waals surface area (Å²) in [6.07, 6.45) is 3.98. The molecule has 0 N–H and O–H groups in total. The monoisotopic (exact) mass is 210 g/mol. The SMILES string of the molecule is COc1ccc(/C=C/C(C)Cl)cc1C. The van der Waals surface area contributed by atoms with Crippen molar-refractivity contribution in [3.63, 3.8) is 0 Å². The summed E-state index contributed by atoms with van der Waals surface area (Å²) in [5, 5.41) is 0.0670. The van der Waals surface area contributed by atoms with Crippen LogP contribution in [0.5, 0.6) is 5.75 Å². The molecule has 1 atom stereocenters. The predicted molar refractivity (Wildman–Crippen MR) is 62.1 cm³/mol. The molecule has 0 aliphatic carbocycles. The molecule has 0 aliphatic heterocycles. The van der Waals surface area contributed by atoms with Crippen molar-refractivity contribution in [3.05, 3.63) is 35.4 Å². The Labute approximate surface area is 90.3 Å². The van der Waals surface area contributed by atoms with Crippen LogP contribution >= 0.6 is 11.6 Å². The Morgan fingerprint density at radius 2 is 2.14 bits per heavy atom. The van der Waals surface area contributed by atoms with Crippen LogP contribution in [0.15, 0.2) is 24.3 Å². The molecule has 0 bridgehead atoms. The Balaban J connectivity index is 2.86. The van der Waals surface area contributed by atoms with Gasteiger partial charge in [-0.2, -0.15) is 0 Å². The number of hydrogen-bond donors (Lipinski definition) is 0. The van der Waals surface area contributed by atoms with Gasteiger partial charge in [0.25, 0.3) is 0 Å². The van der Waals surface area contributed by atoms with E-state index in [0.29, 0.717) is 0 Å². The fourth-order valence-corrected chi connectivity index (χ4v) is 1.32. The number of hydrogen-bond acceptors (Lipinski definition) is 1. The van der Waals surface area contributed by atoms with Crippen LogP contribution in [0.1, 0.15) is 18.1 Å². The van der Waals surface area contributed by atoms with Gasteiger partial charge in [-0.05, 0) is 37.1 Å². The third-order valence-electron chi connectivity index (χ3n) is 1.97. The number of alkyl halides is 1. The lowest BCUT2D eigenvalue weighted by Crippen LogP contribution is -1.87. The number of allylic oxidation sites excluding steroid dienone is 1. The molecule has 0 aromatic heterocycles. The molecule has 0 saturated heterocycles. The van der Waals surface area contributed by atoms with Gasteiger partial charge < -0.3 is 4.74 Å². The summed E-state index contributed by atoms with van der Waals surface area (Å²) in [5.74, 6) is 0.918. The summed E-state index contributed by atoms with van der Waals surface area (Å²) in [6, 6.07) is 6.06. The Bertz CT molecular complexity index is 329. The minimum atomic E-state index is 0.0670. The molecular formula is C12H15ClO. The molecule has 1 rings (SSSR count). The topological polar surface area (TPSA) is 9.23 Å². The van der Waals surface area contributed by atoms with E-state index in [4.69, 9.17) is 16.3 Å². The van der Waals surface area contributed by atoms with Crippen LogP contribution in [-0.2, 0) is 0 Å². The molecular weight excluding hydrogens is 196 g/mol. The van der Waals surface area contributed by atoms with Gasteiger partial charge in [0.15, 0.2) is 0 Å². The molecule has 0 radical (unpaired) electrons. The van der Waals surface area contributed by atoms with Crippen LogP contribution in [0.4, 0.5) is 0 Å². The van der Waals surface area contributed by atoms with E-state index in [1.165, 1.54) is 0 Å². The molecule has 1 unspecified atom stereocenters. The molecule has 76 valence electrons. The second kappa shape index (κ2) is 5.06. The van der Waals surface area contributed by atoms with Crippen molar-refractivity contribution in [1.82, 2.24) is 0 Å². The van der Waals surface area contributed by atoms with E-state index in [0.717, 1.165) is 16.9 Å². The zero-order valence-corrected chi connectivity index (χ0v) is 9.51. The molecule has 0 spiro atoms. The van der Waals surface area contributed by atoms with Crippen molar-refractivity contribution in [2.24, 2.45) is 0 Å². The lowest BCUT2D eigenvalue weighted by molar-refractivity contribution is 0.411. The van der Waals surface area contributed by atoms with Crippen molar-refractivity contribution < 1.29 is 4.74 Å². The molecule has 1 aromatic carbocycles. The lowest BCUT2D eigenvalue weighted by Gasteiger charge is -2.04. The van der Waals surface area contributed by atoms with Gasteiger partial charge in [-0.3, -0.25) is 0 Å². The second-order valence-electron chi connectivity index (χ2n) is 3.27. The van der Waals surface area contributed by atoms with Gasteiger partial charge in [-0.15, -0.1) is 11.6 Å². The number of rotatable bonds is 3. The summed E-state index contributed by atoms with van der Waals surface area (Å²) in [4.78, 5) is 0. The first-order valence-corrected chi connectivity index (χ1v) is 5.04. The van der Waals surface area contributed by atoms with Crippen LogP contribution in [-0.4, -0.2) is 12.5 Å². The van der Waals surface area contributed by atoms with Gasteiger partial charge >= 0.3 is 0 Å². The zero-order chi connectivity index (χ0) is 10.6. The quantitative estimate of drug-likeness (QED) is 0.693. The first kappa shape index (κ1) is 11.1. The fourth-order valence-electron chi connectivity index (χ4n) is 1.25. The lowest BCUT2D eigenvalue weighted by atomic mass is 10.1. The first-order chi connectivity index (χ1) is 6.63. The molecule has 1 nitrogen and oxygen atoms in total. The van der Waals surface area contributed by atoms with E-state index in [9.17, 15) is 0 Å². The summed E-state index contributed by atoms with van der Waals surface area (Å²) in [7, 11) is 1.68. The molecule has 2 heteroatoms. The second-order valence-corrected chi connectivity index (χ2v) is 3.95. The Morgan fingerprint density at radius 3 is 2.64 bits per heavy atom. The molecule has 0 amide bonds. The largest absolute Gasteiger partial charge is 0.496 e. The highest BCUT2D eigenvalue weighted by atomic mass is 35.5. The van der Waals surface area contributed by atoms with Crippen molar-refractivity contribution in [2.45, 2.75) is 19.2 Å². The van der Waals surface area contributed by atoms with Gasteiger partial charge in [0.05, 0.1) is 7.11 Å². The average Bonchev–Trinajstić information content (AvgIpc) is 2.15. The van der Waals surface area contributed by atoms with Gasteiger partial charge in [-0.25, -0.2) is 0 Å². The number of aryl methyl sites for hydroxylation is 1. The molecule has 0 saturated carbocycles. The van der Waals surface area contributed by atoms with Crippen LogP contribution < -0.4 is 4.74 Å². The molecule has 14 heavy (non-hydrogen) atoms. The maximum atomic E-state index is 5.81. The standard InChI is InChI=1S/C12H15ClO/c1-9-8-11(5-4-10(2)13)6-7-12(9)14-3/h4-8,10H,1-3H3/b5-4+. The zero-order valence-electron chi connectivity index (χ0n) is 8.75. The van der Waals surface area contributed by atoms with Gasteiger partial charge in [-0.1, -0.05) is 18.2 Å². The summed E-state index contributed by atoms with van der Waals surface area (Å²) in [5.41, 5.74) is 2.28.